The summed E-state index contributed by atoms with van der Waals surface area (Å²) in [4.78, 5) is 45.8. The van der Waals surface area contributed by atoms with Crippen LogP contribution < -0.4 is 0 Å². The molecule has 2 aromatic heterocycles. The predicted octanol–water partition coefficient (Wildman–Crippen LogP) is 8.49. The second kappa shape index (κ2) is 16.0. The van der Waals surface area contributed by atoms with Crippen molar-refractivity contribution in [3.05, 3.63) is 71.0 Å². The number of carbonyl (C=O) groups excluding carboxylic acids is 3. The summed E-state index contributed by atoms with van der Waals surface area (Å²) in [5.41, 5.74) is 6.40. The van der Waals surface area contributed by atoms with Crippen molar-refractivity contribution >= 4 is 28.4 Å². The Kier molecular flexibility index (Phi) is 12.2. The summed E-state index contributed by atoms with van der Waals surface area (Å²) in [5, 5.41) is 5.37. The molecule has 0 bridgehead atoms. The molecule has 1 aromatic carbocycles. The zero-order chi connectivity index (χ0) is 32.5. The summed E-state index contributed by atoms with van der Waals surface area (Å²) >= 11 is 0. The smallest absolute Gasteiger partial charge is 0.163 e. The molecule has 45 heavy (non-hydrogen) atoms. The first-order valence-corrected chi connectivity index (χ1v) is 16.7. The highest BCUT2D eigenvalue weighted by molar-refractivity contribution is 6.07. The van der Waals surface area contributed by atoms with Gasteiger partial charge in [0.05, 0.1) is 11.9 Å². The van der Waals surface area contributed by atoms with E-state index in [1.54, 1.807) is 12.3 Å². The van der Waals surface area contributed by atoms with Crippen LogP contribution in [0.25, 0.3) is 22.3 Å². The second-order valence-electron chi connectivity index (χ2n) is 13.1. The number of benzene rings is 1. The molecule has 1 aliphatic carbocycles. The van der Waals surface area contributed by atoms with E-state index >= 15 is 0 Å². The maximum absolute atomic E-state index is 13.6. The van der Waals surface area contributed by atoms with Crippen LogP contribution in [0, 0.1) is 5.92 Å². The highest BCUT2D eigenvalue weighted by atomic mass is 16.1. The highest BCUT2D eigenvalue weighted by Crippen LogP contribution is 2.29. The van der Waals surface area contributed by atoms with Gasteiger partial charge in [-0.2, -0.15) is 5.10 Å². The van der Waals surface area contributed by atoms with E-state index in [1.165, 1.54) is 18.4 Å². The Morgan fingerprint density at radius 1 is 1.00 bits per heavy atom. The highest BCUT2D eigenvalue weighted by Gasteiger charge is 2.23. The summed E-state index contributed by atoms with van der Waals surface area (Å²) in [7, 11) is 2.15. The Morgan fingerprint density at radius 3 is 2.51 bits per heavy atom. The van der Waals surface area contributed by atoms with E-state index in [4.69, 9.17) is 4.98 Å². The Labute approximate surface area is 268 Å². The van der Waals surface area contributed by atoms with Gasteiger partial charge >= 0.3 is 0 Å². The number of unbranched alkanes of at least 4 members (excludes halogenated alkanes) is 3. The second-order valence-corrected chi connectivity index (χ2v) is 13.1. The van der Waals surface area contributed by atoms with Crippen molar-refractivity contribution in [2.45, 2.75) is 105 Å². The lowest BCUT2D eigenvalue weighted by atomic mass is 9.84. The van der Waals surface area contributed by atoms with E-state index in [0.29, 0.717) is 31.2 Å². The molecular weight excluding hydrogens is 560 g/mol. The number of rotatable bonds is 17. The molecule has 0 saturated carbocycles. The van der Waals surface area contributed by atoms with E-state index in [2.05, 4.69) is 62.1 Å². The first kappa shape index (κ1) is 34.2. The lowest BCUT2D eigenvalue weighted by Crippen LogP contribution is -2.18. The van der Waals surface area contributed by atoms with Crippen LogP contribution in [0.4, 0.5) is 0 Å². The Hall–Kier alpha value is -3.71. The van der Waals surface area contributed by atoms with Crippen molar-refractivity contribution in [2.24, 2.45) is 5.92 Å². The normalized spacial score (nSPS) is 15.2. The van der Waals surface area contributed by atoms with Gasteiger partial charge in [-0.05, 0) is 96.3 Å². The minimum absolute atomic E-state index is 0.0788. The first-order valence-electron chi connectivity index (χ1n) is 16.7. The van der Waals surface area contributed by atoms with E-state index < -0.39 is 0 Å². The third kappa shape index (κ3) is 9.16. The molecule has 4 rings (SSSR count). The molecule has 7 heteroatoms. The SMILES string of the molecule is CCCCN(C)Cc1cccc(-c2cc(C(=O)CCCCCC(=O)CCC3C(=O)C=C(C)C=C3C)c3cnn(C(C)C)c3n2)c1. The number of Topliss-reactive ketones (excluding diaryl/α,β-unsaturated/α-hetero) is 2. The van der Waals surface area contributed by atoms with Crippen LogP contribution in [0.15, 0.2) is 59.8 Å². The van der Waals surface area contributed by atoms with Crippen LogP contribution in [-0.2, 0) is 16.1 Å². The lowest BCUT2D eigenvalue weighted by molar-refractivity contribution is -0.120. The molecule has 3 aromatic rings. The number of ketones is 3. The average molecular weight is 611 g/mol. The van der Waals surface area contributed by atoms with Crippen LogP contribution >= 0.6 is 0 Å². The van der Waals surface area contributed by atoms with Gasteiger partial charge in [0.25, 0.3) is 0 Å². The third-order valence-corrected chi connectivity index (χ3v) is 8.71. The molecule has 0 saturated heterocycles. The van der Waals surface area contributed by atoms with Crippen molar-refractivity contribution in [3.8, 4) is 11.3 Å². The van der Waals surface area contributed by atoms with Gasteiger partial charge in [-0.25, -0.2) is 9.67 Å². The van der Waals surface area contributed by atoms with Crippen molar-refractivity contribution in [2.75, 3.05) is 13.6 Å². The number of pyridine rings is 1. The molecule has 0 spiro atoms. The maximum atomic E-state index is 13.6. The van der Waals surface area contributed by atoms with Crippen LogP contribution in [0.1, 0.15) is 114 Å². The number of hydrogen-bond donors (Lipinski definition) is 0. The summed E-state index contributed by atoms with van der Waals surface area (Å²) in [6.07, 6.45) is 12.0. The van der Waals surface area contributed by atoms with Crippen LogP contribution in [0.3, 0.4) is 0 Å². The van der Waals surface area contributed by atoms with Crippen LogP contribution in [0.5, 0.6) is 0 Å². The predicted molar refractivity (Wildman–Crippen MR) is 182 cm³/mol. The van der Waals surface area contributed by atoms with Gasteiger partial charge in [0, 0.05) is 54.3 Å². The molecule has 0 fully saturated rings. The maximum Gasteiger partial charge on any atom is 0.163 e. The van der Waals surface area contributed by atoms with Crippen molar-refractivity contribution in [1.82, 2.24) is 19.7 Å². The van der Waals surface area contributed by atoms with Gasteiger partial charge in [-0.1, -0.05) is 49.6 Å². The molecule has 240 valence electrons. The van der Waals surface area contributed by atoms with Gasteiger partial charge in [-0.15, -0.1) is 0 Å². The summed E-state index contributed by atoms with van der Waals surface area (Å²) < 4.78 is 1.89. The topological polar surface area (TPSA) is 85.2 Å². The minimum atomic E-state index is -0.174. The number of fused-ring (bicyclic) bond motifs is 1. The van der Waals surface area contributed by atoms with E-state index in [0.717, 1.165) is 65.8 Å². The molecule has 1 aliphatic rings. The van der Waals surface area contributed by atoms with Crippen molar-refractivity contribution < 1.29 is 14.4 Å². The monoisotopic (exact) mass is 610 g/mol. The first-order chi connectivity index (χ1) is 21.6. The van der Waals surface area contributed by atoms with Gasteiger partial charge < -0.3 is 4.90 Å². The van der Waals surface area contributed by atoms with E-state index in [-0.39, 0.29) is 29.3 Å². The van der Waals surface area contributed by atoms with Crippen molar-refractivity contribution in [1.29, 1.82) is 0 Å². The summed E-state index contributed by atoms with van der Waals surface area (Å²) in [5.74, 6) is 0.199. The van der Waals surface area contributed by atoms with Gasteiger partial charge in [0.15, 0.2) is 17.2 Å². The minimum Gasteiger partial charge on any atom is -0.302 e. The number of carbonyl (C=O) groups is 3. The van der Waals surface area contributed by atoms with Gasteiger partial charge in [-0.3, -0.25) is 14.4 Å². The zero-order valence-corrected chi connectivity index (χ0v) is 28.1. The number of aromatic nitrogens is 3. The van der Waals surface area contributed by atoms with Gasteiger partial charge in [0.1, 0.15) is 5.78 Å². The Bertz CT molecular complexity index is 1580. The summed E-state index contributed by atoms with van der Waals surface area (Å²) in [6, 6.07) is 10.5. The number of nitrogens with zero attached hydrogens (tertiary/aromatic N) is 4. The molecule has 1 unspecified atom stereocenters. The lowest BCUT2D eigenvalue weighted by Gasteiger charge is -2.18. The number of allylic oxidation sites excluding steroid dienone is 4. The molecule has 1 atom stereocenters. The largest absolute Gasteiger partial charge is 0.302 e. The molecule has 7 nitrogen and oxygen atoms in total. The fourth-order valence-electron chi connectivity index (χ4n) is 6.19. The molecule has 0 radical (unpaired) electrons. The Morgan fingerprint density at radius 2 is 1.78 bits per heavy atom. The van der Waals surface area contributed by atoms with E-state index in [9.17, 15) is 14.4 Å². The fourth-order valence-corrected chi connectivity index (χ4v) is 6.19. The number of hydrogen-bond acceptors (Lipinski definition) is 6. The quantitative estimate of drug-likeness (QED) is 0.113. The van der Waals surface area contributed by atoms with Crippen molar-refractivity contribution in [3.63, 3.8) is 0 Å². The zero-order valence-electron chi connectivity index (χ0n) is 28.1. The molecule has 0 N–H and O–H groups in total. The third-order valence-electron chi connectivity index (χ3n) is 8.71. The summed E-state index contributed by atoms with van der Waals surface area (Å²) in [6.45, 7) is 12.2. The van der Waals surface area contributed by atoms with Crippen LogP contribution in [-0.4, -0.2) is 50.6 Å². The molecular formula is C38H50N4O3. The van der Waals surface area contributed by atoms with E-state index in [1.807, 2.05) is 30.7 Å². The standard InChI is InChI=1S/C38H50N4O3/c1-7-8-19-41(6)25-29-13-12-14-30(22-29)35-23-33(34-24-39-42(26(2)3)38(34)40-35)36(44)16-11-9-10-15-31(43)17-18-32-28(5)20-27(4)21-37(32)45/h12-14,20-24,26,32H,7-11,15-19,25H2,1-6H3. The molecule has 0 amide bonds. The van der Waals surface area contributed by atoms with Gasteiger partial charge in [0.2, 0.25) is 0 Å². The Balaban J connectivity index is 1.38. The molecule has 0 aliphatic heterocycles. The van der Waals surface area contributed by atoms with Crippen LogP contribution in [0.2, 0.25) is 0 Å². The molecule has 2 heterocycles. The average Bonchev–Trinajstić information content (AvgIpc) is 3.43. The fraction of sp³-hybridized carbons (Fsp3) is 0.500.